The highest BCUT2D eigenvalue weighted by molar-refractivity contribution is 7.88. The Morgan fingerprint density at radius 2 is 1.93 bits per heavy atom. The highest BCUT2D eigenvalue weighted by Crippen LogP contribution is 2.09. The van der Waals surface area contributed by atoms with Crippen molar-refractivity contribution in [2.24, 2.45) is 0 Å². The molecule has 15 heavy (non-hydrogen) atoms. The average Bonchev–Trinajstić information content (AvgIpc) is 2.25. The van der Waals surface area contributed by atoms with E-state index in [9.17, 15) is 4.21 Å². The highest BCUT2D eigenvalue weighted by Gasteiger charge is 1.97. The van der Waals surface area contributed by atoms with Gasteiger partial charge in [-0.05, 0) is 25.5 Å². The summed E-state index contributed by atoms with van der Waals surface area (Å²) in [6.45, 7) is 4.19. The molecule has 0 aliphatic carbocycles. The fraction of sp³-hybridized carbons (Fsp3) is 0.385. The molecule has 0 amide bonds. The predicted octanol–water partition coefficient (Wildman–Crippen LogP) is 3.81. The molecule has 0 saturated carbocycles. The lowest BCUT2D eigenvalue weighted by molar-refractivity contribution is 0.688. The van der Waals surface area contributed by atoms with Crippen LogP contribution in [0.25, 0.3) is 0 Å². The van der Waals surface area contributed by atoms with Crippen LogP contribution in [0, 0.1) is 6.92 Å². The van der Waals surface area contributed by atoms with Gasteiger partial charge in [0.15, 0.2) is 0 Å². The summed E-state index contributed by atoms with van der Waals surface area (Å²) in [5.41, 5.74) is 1.20. The Morgan fingerprint density at radius 3 is 2.53 bits per heavy atom. The summed E-state index contributed by atoms with van der Waals surface area (Å²) in [6, 6.07) is 7.84. The van der Waals surface area contributed by atoms with Gasteiger partial charge in [0.25, 0.3) is 0 Å². The number of unbranched alkanes of at least 4 members (excludes halogenated alkanes) is 2. The second-order valence-electron chi connectivity index (χ2n) is 3.62. The predicted molar refractivity (Wildman–Crippen MR) is 66.3 cm³/mol. The fourth-order valence-corrected chi connectivity index (χ4v) is 2.10. The lowest BCUT2D eigenvalue weighted by Gasteiger charge is -1.97. The van der Waals surface area contributed by atoms with Gasteiger partial charge in [0.1, 0.15) is 0 Å². The van der Waals surface area contributed by atoms with Crippen LogP contribution in [0.3, 0.4) is 0 Å². The van der Waals surface area contributed by atoms with E-state index in [-0.39, 0.29) is 0 Å². The zero-order valence-corrected chi connectivity index (χ0v) is 10.2. The van der Waals surface area contributed by atoms with Crippen LogP contribution in [0.15, 0.2) is 40.6 Å². The van der Waals surface area contributed by atoms with E-state index >= 15 is 0 Å². The maximum atomic E-state index is 11.7. The lowest BCUT2D eigenvalue weighted by Crippen LogP contribution is -1.86. The summed E-state index contributed by atoms with van der Waals surface area (Å²) in [5, 5.41) is 1.79. The van der Waals surface area contributed by atoms with Gasteiger partial charge in [0.2, 0.25) is 0 Å². The summed E-state index contributed by atoms with van der Waals surface area (Å²) >= 11 is 0. The molecule has 0 saturated heterocycles. The van der Waals surface area contributed by atoms with Gasteiger partial charge >= 0.3 is 0 Å². The molecule has 0 heterocycles. The van der Waals surface area contributed by atoms with Crippen molar-refractivity contribution in [2.45, 2.75) is 38.0 Å². The molecular formula is C13H18OS. The summed E-state index contributed by atoms with van der Waals surface area (Å²) in [5.74, 6) is 0. The summed E-state index contributed by atoms with van der Waals surface area (Å²) in [4.78, 5) is 0.883. The summed E-state index contributed by atoms with van der Waals surface area (Å²) < 4.78 is 11.7. The number of aryl methyl sites for hydroxylation is 1. The van der Waals surface area contributed by atoms with Crippen molar-refractivity contribution in [3.63, 3.8) is 0 Å². The van der Waals surface area contributed by atoms with Gasteiger partial charge in [-0.15, -0.1) is 0 Å². The van der Waals surface area contributed by atoms with Crippen LogP contribution in [0.1, 0.15) is 31.7 Å². The minimum absolute atomic E-state index is 0.883. The largest absolute Gasteiger partial charge is 0.250 e. The smallest absolute Gasteiger partial charge is 0.0772 e. The molecule has 1 atom stereocenters. The topological polar surface area (TPSA) is 17.1 Å². The molecule has 0 aliphatic rings. The highest BCUT2D eigenvalue weighted by atomic mass is 32.2. The number of allylic oxidation sites excluding steroid dienone is 1. The quantitative estimate of drug-likeness (QED) is 0.692. The normalized spacial score (nSPS) is 13.2. The van der Waals surface area contributed by atoms with Gasteiger partial charge in [-0.2, -0.15) is 0 Å². The third-order valence-corrected chi connectivity index (χ3v) is 3.37. The minimum atomic E-state index is -0.976. The van der Waals surface area contributed by atoms with Crippen LogP contribution in [0.2, 0.25) is 0 Å². The number of hydrogen-bond donors (Lipinski definition) is 0. The molecule has 2 heteroatoms. The van der Waals surface area contributed by atoms with E-state index in [0.29, 0.717) is 0 Å². The SMILES string of the molecule is CCCC/C=C/[S@@](=O)c1ccc(C)cc1. The molecular weight excluding hydrogens is 204 g/mol. The molecule has 0 bridgehead atoms. The van der Waals surface area contributed by atoms with Crippen molar-refractivity contribution in [3.8, 4) is 0 Å². The van der Waals surface area contributed by atoms with Crippen LogP contribution < -0.4 is 0 Å². The van der Waals surface area contributed by atoms with Crippen LogP contribution >= 0.6 is 0 Å². The van der Waals surface area contributed by atoms with Crippen molar-refractivity contribution < 1.29 is 4.21 Å². The van der Waals surface area contributed by atoms with E-state index in [1.807, 2.05) is 37.3 Å². The molecule has 0 N–H and O–H groups in total. The standard InChI is InChI=1S/C13H18OS/c1-3-4-5-6-11-15(14)13-9-7-12(2)8-10-13/h6-11H,3-5H2,1-2H3/b11-6+/t15-/m1/s1. The first kappa shape index (κ1) is 12.2. The first-order chi connectivity index (χ1) is 7.24. The fourth-order valence-electron chi connectivity index (χ4n) is 1.23. The molecule has 0 unspecified atom stereocenters. The van der Waals surface area contributed by atoms with E-state index in [1.54, 1.807) is 5.41 Å². The van der Waals surface area contributed by atoms with Crippen molar-refractivity contribution in [1.82, 2.24) is 0 Å². The first-order valence-electron chi connectivity index (χ1n) is 5.38. The maximum absolute atomic E-state index is 11.7. The van der Waals surface area contributed by atoms with Gasteiger partial charge in [-0.3, -0.25) is 0 Å². The van der Waals surface area contributed by atoms with Crippen molar-refractivity contribution in [3.05, 3.63) is 41.3 Å². The number of hydrogen-bond acceptors (Lipinski definition) is 1. The molecule has 0 aromatic heterocycles. The Bertz CT molecular complexity index is 338. The lowest BCUT2D eigenvalue weighted by atomic mass is 10.2. The average molecular weight is 222 g/mol. The zero-order valence-electron chi connectivity index (χ0n) is 9.40. The number of benzene rings is 1. The van der Waals surface area contributed by atoms with Gasteiger partial charge in [-0.1, -0.05) is 43.5 Å². The molecule has 0 aliphatic heterocycles. The molecule has 1 rings (SSSR count). The monoisotopic (exact) mass is 222 g/mol. The zero-order chi connectivity index (χ0) is 11.1. The third kappa shape index (κ3) is 4.43. The molecule has 1 nitrogen and oxygen atoms in total. The first-order valence-corrected chi connectivity index (χ1v) is 6.59. The van der Waals surface area contributed by atoms with E-state index < -0.39 is 10.8 Å². The maximum Gasteiger partial charge on any atom is 0.0772 e. The van der Waals surface area contributed by atoms with E-state index in [2.05, 4.69) is 6.92 Å². The van der Waals surface area contributed by atoms with Crippen LogP contribution in [-0.4, -0.2) is 4.21 Å². The Hall–Kier alpha value is -0.890. The van der Waals surface area contributed by atoms with E-state index in [0.717, 1.165) is 11.3 Å². The Morgan fingerprint density at radius 1 is 1.27 bits per heavy atom. The Labute approximate surface area is 94.7 Å². The van der Waals surface area contributed by atoms with Crippen molar-refractivity contribution >= 4 is 10.8 Å². The molecule has 82 valence electrons. The summed E-state index contributed by atoms with van der Waals surface area (Å²) in [6.07, 6.45) is 5.39. The third-order valence-electron chi connectivity index (χ3n) is 2.20. The van der Waals surface area contributed by atoms with Gasteiger partial charge in [-0.25, -0.2) is 4.21 Å². The van der Waals surface area contributed by atoms with Gasteiger partial charge in [0.05, 0.1) is 10.8 Å². The second-order valence-corrected chi connectivity index (χ2v) is 4.96. The minimum Gasteiger partial charge on any atom is -0.250 e. The van der Waals surface area contributed by atoms with Crippen molar-refractivity contribution in [1.29, 1.82) is 0 Å². The van der Waals surface area contributed by atoms with E-state index in [4.69, 9.17) is 0 Å². The molecule has 0 fully saturated rings. The second kappa shape index (κ2) is 6.57. The molecule has 1 aromatic rings. The van der Waals surface area contributed by atoms with Gasteiger partial charge < -0.3 is 0 Å². The van der Waals surface area contributed by atoms with Crippen molar-refractivity contribution in [2.75, 3.05) is 0 Å². The van der Waals surface area contributed by atoms with Crippen LogP contribution in [0.4, 0.5) is 0 Å². The molecule has 0 spiro atoms. The molecule has 0 radical (unpaired) electrons. The van der Waals surface area contributed by atoms with Gasteiger partial charge in [0, 0.05) is 10.3 Å². The van der Waals surface area contributed by atoms with Crippen LogP contribution in [0.5, 0.6) is 0 Å². The van der Waals surface area contributed by atoms with Crippen LogP contribution in [-0.2, 0) is 10.8 Å². The molecule has 1 aromatic carbocycles. The number of rotatable bonds is 5. The van der Waals surface area contributed by atoms with E-state index in [1.165, 1.54) is 18.4 Å². The summed E-state index contributed by atoms with van der Waals surface area (Å²) in [7, 11) is -0.976. The Balaban J connectivity index is 2.53. The Kier molecular flexibility index (Phi) is 5.33.